The smallest absolute Gasteiger partial charge is 0.269 e. The fraction of sp³-hybridized carbons (Fsp3) is 0.133. The van der Waals surface area contributed by atoms with Gasteiger partial charge in [-0.3, -0.25) is 15.1 Å². The Balaban J connectivity index is 1.96. The highest BCUT2D eigenvalue weighted by atomic mass is 32.1. The number of benzene rings is 1. The van der Waals surface area contributed by atoms with Crippen molar-refractivity contribution in [3.63, 3.8) is 0 Å². The van der Waals surface area contributed by atoms with E-state index < -0.39 is 4.92 Å². The molecule has 0 spiro atoms. The minimum Gasteiger partial charge on any atom is -0.375 e. The van der Waals surface area contributed by atoms with Gasteiger partial charge in [0.15, 0.2) is 5.11 Å². The van der Waals surface area contributed by atoms with Gasteiger partial charge < -0.3 is 5.73 Å². The molecule has 23 heavy (non-hydrogen) atoms. The predicted octanol–water partition coefficient (Wildman–Crippen LogP) is 2.38. The van der Waals surface area contributed by atoms with E-state index in [0.717, 1.165) is 17.0 Å². The Morgan fingerprint density at radius 3 is 2.83 bits per heavy atom. The zero-order chi connectivity index (χ0) is 16.4. The largest absolute Gasteiger partial charge is 0.375 e. The molecular weight excluding hydrogens is 314 g/mol. The molecule has 0 saturated heterocycles. The Kier molecular flexibility index (Phi) is 3.98. The number of rotatable bonds is 3. The molecule has 2 heterocycles. The zero-order valence-corrected chi connectivity index (χ0v) is 12.8. The number of aromatic nitrogens is 1. The monoisotopic (exact) mass is 327 g/mol. The van der Waals surface area contributed by atoms with Crippen LogP contribution in [0.2, 0.25) is 0 Å². The van der Waals surface area contributed by atoms with Gasteiger partial charge in [-0.15, -0.1) is 0 Å². The molecule has 1 atom stereocenters. The van der Waals surface area contributed by atoms with E-state index in [9.17, 15) is 10.1 Å². The van der Waals surface area contributed by atoms with Gasteiger partial charge in [-0.05, 0) is 29.9 Å². The maximum Gasteiger partial charge on any atom is 0.269 e. The van der Waals surface area contributed by atoms with Crippen molar-refractivity contribution in [2.24, 2.45) is 10.8 Å². The fourth-order valence-corrected chi connectivity index (χ4v) is 2.68. The third-order valence-electron chi connectivity index (χ3n) is 3.56. The highest BCUT2D eigenvalue weighted by molar-refractivity contribution is 7.80. The molecule has 0 amide bonds. The number of hydrogen-bond donors (Lipinski definition) is 1. The second-order valence-electron chi connectivity index (χ2n) is 5.02. The van der Waals surface area contributed by atoms with Crippen LogP contribution >= 0.6 is 12.2 Å². The third kappa shape index (κ3) is 3.02. The van der Waals surface area contributed by atoms with Gasteiger partial charge in [0.2, 0.25) is 0 Å². The minimum atomic E-state index is -0.427. The highest BCUT2D eigenvalue weighted by Gasteiger charge is 2.31. The molecular formula is C15H13N5O2S. The van der Waals surface area contributed by atoms with Crippen LogP contribution in [0.5, 0.6) is 0 Å². The van der Waals surface area contributed by atoms with Crippen molar-refractivity contribution in [1.29, 1.82) is 0 Å². The van der Waals surface area contributed by atoms with E-state index in [1.807, 2.05) is 18.2 Å². The number of nitro benzene ring substituents is 1. The SMILES string of the molecule is NC(=S)N1N=C(c2ccccn2)CC1c1cccc([N+](=O)[O-])c1. The second-order valence-corrected chi connectivity index (χ2v) is 5.43. The molecule has 1 unspecified atom stereocenters. The summed E-state index contributed by atoms with van der Waals surface area (Å²) in [5.74, 6) is 0. The maximum atomic E-state index is 11.0. The molecule has 116 valence electrons. The molecule has 7 nitrogen and oxygen atoms in total. The lowest BCUT2D eigenvalue weighted by Gasteiger charge is -2.21. The summed E-state index contributed by atoms with van der Waals surface area (Å²) in [5, 5.41) is 17.0. The summed E-state index contributed by atoms with van der Waals surface area (Å²) in [6.07, 6.45) is 2.21. The molecule has 0 aliphatic carbocycles. The number of nitro groups is 1. The van der Waals surface area contributed by atoms with Crippen LogP contribution in [-0.4, -0.2) is 25.7 Å². The number of hydrazone groups is 1. The van der Waals surface area contributed by atoms with Gasteiger partial charge in [0.05, 0.1) is 22.4 Å². The molecule has 1 aromatic heterocycles. The fourth-order valence-electron chi connectivity index (χ4n) is 2.51. The van der Waals surface area contributed by atoms with Gasteiger partial charge >= 0.3 is 0 Å². The van der Waals surface area contributed by atoms with Crippen molar-refractivity contribution in [3.05, 3.63) is 70.0 Å². The van der Waals surface area contributed by atoms with Gasteiger partial charge in [-0.1, -0.05) is 18.2 Å². The Morgan fingerprint density at radius 1 is 1.35 bits per heavy atom. The Hall–Kier alpha value is -2.87. The first-order valence-electron chi connectivity index (χ1n) is 6.88. The average Bonchev–Trinajstić information content (AvgIpc) is 3.01. The summed E-state index contributed by atoms with van der Waals surface area (Å²) in [7, 11) is 0. The normalized spacial score (nSPS) is 17.0. The van der Waals surface area contributed by atoms with Gasteiger partial charge in [-0.2, -0.15) is 5.10 Å². The molecule has 0 saturated carbocycles. The molecule has 1 aromatic carbocycles. The predicted molar refractivity (Wildman–Crippen MR) is 89.9 cm³/mol. The lowest BCUT2D eigenvalue weighted by Crippen LogP contribution is -2.31. The number of non-ortho nitro benzene ring substituents is 1. The van der Waals surface area contributed by atoms with E-state index in [-0.39, 0.29) is 16.8 Å². The Labute approximate surface area is 137 Å². The number of pyridine rings is 1. The van der Waals surface area contributed by atoms with Crippen LogP contribution in [0.25, 0.3) is 0 Å². The summed E-state index contributed by atoms with van der Waals surface area (Å²) in [6.45, 7) is 0. The summed E-state index contributed by atoms with van der Waals surface area (Å²) >= 11 is 5.06. The number of thiocarbonyl (C=S) groups is 1. The molecule has 0 bridgehead atoms. The first kappa shape index (κ1) is 15.0. The van der Waals surface area contributed by atoms with Crippen molar-refractivity contribution in [2.45, 2.75) is 12.5 Å². The second kappa shape index (κ2) is 6.09. The molecule has 2 aromatic rings. The number of nitrogens with zero attached hydrogens (tertiary/aromatic N) is 4. The summed E-state index contributed by atoms with van der Waals surface area (Å²) < 4.78 is 0. The van der Waals surface area contributed by atoms with E-state index in [4.69, 9.17) is 18.0 Å². The molecule has 1 aliphatic rings. The van der Waals surface area contributed by atoms with Crippen molar-refractivity contribution < 1.29 is 4.92 Å². The Morgan fingerprint density at radius 2 is 2.17 bits per heavy atom. The Bertz CT molecular complexity index is 793. The molecule has 2 N–H and O–H groups in total. The van der Waals surface area contributed by atoms with Gasteiger partial charge in [-0.25, -0.2) is 5.01 Å². The summed E-state index contributed by atoms with van der Waals surface area (Å²) in [5.41, 5.74) is 8.00. The molecule has 0 fully saturated rings. The van der Waals surface area contributed by atoms with Crippen LogP contribution in [0.3, 0.4) is 0 Å². The third-order valence-corrected chi connectivity index (χ3v) is 3.75. The maximum absolute atomic E-state index is 11.0. The molecule has 3 rings (SSSR count). The van der Waals surface area contributed by atoms with Crippen molar-refractivity contribution in [3.8, 4) is 0 Å². The van der Waals surface area contributed by atoms with Crippen LogP contribution in [0, 0.1) is 10.1 Å². The lowest BCUT2D eigenvalue weighted by atomic mass is 10.00. The van der Waals surface area contributed by atoms with Crippen molar-refractivity contribution in [2.75, 3.05) is 0 Å². The first-order chi connectivity index (χ1) is 11.1. The van der Waals surface area contributed by atoms with Gasteiger partial charge in [0.25, 0.3) is 5.69 Å². The van der Waals surface area contributed by atoms with Crippen molar-refractivity contribution >= 4 is 28.7 Å². The van der Waals surface area contributed by atoms with E-state index in [0.29, 0.717) is 6.42 Å². The summed E-state index contributed by atoms with van der Waals surface area (Å²) in [6, 6.07) is 11.7. The van der Waals surface area contributed by atoms with Crippen LogP contribution in [-0.2, 0) is 0 Å². The quantitative estimate of drug-likeness (QED) is 0.528. The molecule has 0 radical (unpaired) electrons. The van der Waals surface area contributed by atoms with Crippen molar-refractivity contribution in [1.82, 2.24) is 9.99 Å². The van der Waals surface area contributed by atoms with Crippen LogP contribution in [0.1, 0.15) is 23.7 Å². The number of hydrogen-bond acceptors (Lipinski definition) is 5. The van der Waals surface area contributed by atoms with E-state index in [1.54, 1.807) is 18.3 Å². The van der Waals surface area contributed by atoms with Crippen LogP contribution in [0.4, 0.5) is 5.69 Å². The minimum absolute atomic E-state index is 0.0247. The van der Waals surface area contributed by atoms with Gasteiger partial charge in [0.1, 0.15) is 0 Å². The van der Waals surface area contributed by atoms with Gasteiger partial charge in [0, 0.05) is 24.8 Å². The van der Waals surface area contributed by atoms with E-state index in [1.165, 1.54) is 17.1 Å². The first-order valence-corrected chi connectivity index (χ1v) is 7.29. The zero-order valence-electron chi connectivity index (χ0n) is 12.0. The molecule has 1 aliphatic heterocycles. The summed E-state index contributed by atoms with van der Waals surface area (Å²) in [4.78, 5) is 14.8. The average molecular weight is 327 g/mol. The van der Waals surface area contributed by atoms with Crippen LogP contribution in [0.15, 0.2) is 53.8 Å². The number of nitrogens with two attached hydrogens (primary N) is 1. The van der Waals surface area contributed by atoms with E-state index in [2.05, 4.69) is 10.1 Å². The van der Waals surface area contributed by atoms with E-state index >= 15 is 0 Å². The lowest BCUT2D eigenvalue weighted by molar-refractivity contribution is -0.384. The molecule has 8 heteroatoms. The van der Waals surface area contributed by atoms with Crippen LogP contribution < -0.4 is 5.73 Å². The topological polar surface area (TPSA) is 97.7 Å². The standard InChI is InChI=1S/C15H13N5O2S/c16-15(23)19-14(10-4-3-5-11(8-10)20(21)22)9-13(18-19)12-6-1-2-7-17-12/h1-8,14H,9H2,(H2,16,23). The highest BCUT2D eigenvalue weighted by Crippen LogP contribution is 2.33.